The van der Waals surface area contributed by atoms with Gasteiger partial charge in [-0.1, -0.05) is 37.3 Å². The first-order valence-electron chi connectivity index (χ1n) is 6.60. The molecule has 0 aliphatic rings. The molecular formula is C16H22N2O2. The van der Waals surface area contributed by atoms with Gasteiger partial charge in [-0.05, 0) is 24.1 Å². The molecule has 0 saturated heterocycles. The van der Waals surface area contributed by atoms with Crippen LogP contribution in [0, 0.1) is 0 Å². The van der Waals surface area contributed by atoms with Crippen LogP contribution in [-0.4, -0.2) is 10.2 Å². The van der Waals surface area contributed by atoms with Gasteiger partial charge in [0.1, 0.15) is 11.5 Å². The van der Waals surface area contributed by atoms with Gasteiger partial charge in [0.2, 0.25) is 0 Å². The van der Waals surface area contributed by atoms with Crippen molar-refractivity contribution in [3.05, 3.63) is 59.2 Å². The van der Waals surface area contributed by atoms with Crippen molar-refractivity contribution < 1.29 is 10.2 Å². The summed E-state index contributed by atoms with van der Waals surface area (Å²) in [6.07, 6.45) is 0.943. The number of rotatable bonds is 3. The molecule has 2 rings (SSSR count). The fourth-order valence-corrected chi connectivity index (χ4v) is 1.69. The molecule has 0 aromatic heterocycles. The Kier molecular flexibility index (Phi) is 6.56. The minimum absolute atomic E-state index is 0.278. The number of benzene rings is 2. The monoisotopic (exact) mass is 274 g/mol. The summed E-state index contributed by atoms with van der Waals surface area (Å²) in [6, 6.07) is 12.7. The number of aromatic hydroxyl groups is 2. The van der Waals surface area contributed by atoms with Crippen LogP contribution in [0.3, 0.4) is 0 Å². The van der Waals surface area contributed by atoms with Gasteiger partial charge in [0.15, 0.2) is 0 Å². The van der Waals surface area contributed by atoms with E-state index in [2.05, 4.69) is 6.92 Å². The maximum atomic E-state index is 9.34. The first kappa shape index (κ1) is 16.0. The molecule has 0 spiro atoms. The number of phenols is 2. The van der Waals surface area contributed by atoms with Crippen LogP contribution >= 0.6 is 0 Å². The lowest BCUT2D eigenvalue weighted by molar-refractivity contribution is 0.467. The summed E-state index contributed by atoms with van der Waals surface area (Å²) in [6.45, 7) is 2.85. The highest BCUT2D eigenvalue weighted by atomic mass is 16.3. The van der Waals surface area contributed by atoms with Gasteiger partial charge in [-0.3, -0.25) is 0 Å². The molecule has 0 unspecified atom stereocenters. The van der Waals surface area contributed by atoms with Crippen molar-refractivity contribution in [3.8, 4) is 11.5 Å². The summed E-state index contributed by atoms with van der Waals surface area (Å²) in [5.41, 5.74) is 13.4. The maximum Gasteiger partial charge on any atom is 0.120 e. The SMILES string of the molecule is CCc1ccc(CN)c(O)c1.NCc1ccccc1O. The maximum absolute atomic E-state index is 9.34. The molecule has 0 fully saturated rings. The van der Waals surface area contributed by atoms with E-state index in [0.717, 1.165) is 23.1 Å². The normalized spacial score (nSPS) is 9.75. The first-order valence-corrected chi connectivity index (χ1v) is 6.60. The number of para-hydroxylation sites is 1. The minimum atomic E-state index is 0.278. The zero-order valence-electron chi connectivity index (χ0n) is 11.7. The Balaban J connectivity index is 0.000000204. The highest BCUT2D eigenvalue weighted by Crippen LogP contribution is 2.18. The van der Waals surface area contributed by atoms with E-state index < -0.39 is 0 Å². The van der Waals surface area contributed by atoms with E-state index in [-0.39, 0.29) is 5.75 Å². The van der Waals surface area contributed by atoms with Crippen LogP contribution < -0.4 is 11.5 Å². The topological polar surface area (TPSA) is 92.5 Å². The van der Waals surface area contributed by atoms with E-state index >= 15 is 0 Å². The average Bonchev–Trinajstić information content (AvgIpc) is 2.48. The largest absolute Gasteiger partial charge is 0.508 e. The van der Waals surface area contributed by atoms with Crippen LogP contribution in [0.5, 0.6) is 11.5 Å². The summed E-state index contributed by atoms with van der Waals surface area (Å²) >= 11 is 0. The number of phenolic OH excluding ortho intramolecular Hbond substituents is 2. The van der Waals surface area contributed by atoms with Crippen LogP contribution in [-0.2, 0) is 19.5 Å². The molecule has 4 nitrogen and oxygen atoms in total. The van der Waals surface area contributed by atoms with E-state index in [4.69, 9.17) is 16.6 Å². The van der Waals surface area contributed by atoms with Crippen molar-refractivity contribution in [3.63, 3.8) is 0 Å². The quantitative estimate of drug-likeness (QED) is 0.691. The van der Waals surface area contributed by atoms with E-state index in [1.54, 1.807) is 24.3 Å². The van der Waals surface area contributed by atoms with Crippen molar-refractivity contribution in [2.24, 2.45) is 11.5 Å². The molecule has 0 saturated carbocycles. The van der Waals surface area contributed by atoms with Crippen LogP contribution in [0.15, 0.2) is 42.5 Å². The van der Waals surface area contributed by atoms with E-state index in [9.17, 15) is 5.11 Å². The molecule has 2 aromatic carbocycles. The first-order chi connectivity index (χ1) is 9.62. The van der Waals surface area contributed by atoms with Gasteiger partial charge in [-0.2, -0.15) is 0 Å². The van der Waals surface area contributed by atoms with Crippen LogP contribution in [0.1, 0.15) is 23.6 Å². The van der Waals surface area contributed by atoms with Gasteiger partial charge < -0.3 is 21.7 Å². The van der Waals surface area contributed by atoms with Gasteiger partial charge in [-0.15, -0.1) is 0 Å². The summed E-state index contributed by atoms with van der Waals surface area (Å²) < 4.78 is 0. The third-order valence-corrected chi connectivity index (χ3v) is 2.99. The molecule has 0 aliphatic carbocycles. The molecule has 0 heterocycles. The Bertz CT molecular complexity index is 542. The number of hydrogen-bond acceptors (Lipinski definition) is 4. The molecular weight excluding hydrogens is 252 g/mol. The van der Waals surface area contributed by atoms with Gasteiger partial charge in [0.05, 0.1) is 0 Å². The Labute approximate surface area is 119 Å². The molecule has 4 heteroatoms. The molecule has 0 atom stereocenters. The predicted molar refractivity (Wildman–Crippen MR) is 81.4 cm³/mol. The molecule has 20 heavy (non-hydrogen) atoms. The number of aryl methyl sites for hydroxylation is 1. The highest BCUT2D eigenvalue weighted by Gasteiger charge is 1.98. The Hall–Kier alpha value is -2.04. The van der Waals surface area contributed by atoms with Gasteiger partial charge in [0, 0.05) is 24.2 Å². The summed E-state index contributed by atoms with van der Waals surface area (Å²) in [5.74, 6) is 0.590. The van der Waals surface area contributed by atoms with Crippen LogP contribution in [0.25, 0.3) is 0 Å². The summed E-state index contributed by atoms with van der Waals surface area (Å²) in [5, 5.41) is 18.4. The summed E-state index contributed by atoms with van der Waals surface area (Å²) in [7, 11) is 0. The van der Waals surface area contributed by atoms with Crippen molar-refractivity contribution >= 4 is 0 Å². The van der Waals surface area contributed by atoms with Gasteiger partial charge in [-0.25, -0.2) is 0 Å². The van der Waals surface area contributed by atoms with E-state index in [1.807, 2.05) is 18.2 Å². The zero-order chi connectivity index (χ0) is 15.0. The second-order valence-corrected chi connectivity index (χ2v) is 4.35. The lowest BCUT2D eigenvalue weighted by Crippen LogP contribution is -1.96. The molecule has 2 aromatic rings. The summed E-state index contributed by atoms with van der Waals surface area (Å²) in [4.78, 5) is 0. The fourth-order valence-electron chi connectivity index (χ4n) is 1.69. The second kappa shape index (κ2) is 8.19. The smallest absolute Gasteiger partial charge is 0.120 e. The molecule has 0 aliphatic heterocycles. The fraction of sp³-hybridized carbons (Fsp3) is 0.250. The Morgan fingerprint density at radius 1 is 0.850 bits per heavy atom. The average molecular weight is 274 g/mol. The standard InChI is InChI=1S/C9H13NO.C7H9NO/c1-2-7-3-4-8(6-10)9(11)5-7;8-5-6-3-1-2-4-7(6)9/h3-5,11H,2,6,10H2,1H3;1-4,9H,5,8H2. The third kappa shape index (κ3) is 4.57. The van der Waals surface area contributed by atoms with Crippen molar-refractivity contribution in [2.75, 3.05) is 0 Å². The second-order valence-electron chi connectivity index (χ2n) is 4.35. The number of nitrogens with two attached hydrogens (primary N) is 2. The van der Waals surface area contributed by atoms with E-state index in [0.29, 0.717) is 18.8 Å². The Morgan fingerprint density at radius 3 is 1.90 bits per heavy atom. The third-order valence-electron chi connectivity index (χ3n) is 2.99. The minimum Gasteiger partial charge on any atom is -0.508 e. The lowest BCUT2D eigenvalue weighted by atomic mass is 10.1. The van der Waals surface area contributed by atoms with Crippen LogP contribution in [0.4, 0.5) is 0 Å². The molecule has 0 radical (unpaired) electrons. The van der Waals surface area contributed by atoms with Crippen LogP contribution in [0.2, 0.25) is 0 Å². The molecule has 108 valence electrons. The van der Waals surface area contributed by atoms with Crippen molar-refractivity contribution in [2.45, 2.75) is 26.4 Å². The van der Waals surface area contributed by atoms with Gasteiger partial charge in [0.25, 0.3) is 0 Å². The highest BCUT2D eigenvalue weighted by molar-refractivity contribution is 5.36. The van der Waals surface area contributed by atoms with Gasteiger partial charge >= 0.3 is 0 Å². The van der Waals surface area contributed by atoms with E-state index in [1.165, 1.54) is 0 Å². The van der Waals surface area contributed by atoms with Crippen molar-refractivity contribution in [1.82, 2.24) is 0 Å². The van der Waals surface area contributed by atoms with Crippen molar-refractivity contribution in [1.29, 1.82) is 0 Å². The lowest BCUT2D eigenvalue weighted by Gasteiger charge is -2.02. The predicted octanol–water partition coefficient (Wildman–Crippen LogP) is 2.26. The zero-order valence-corrected chi connectivity index (χ0v) is 11.7. The molecule has 0 bridgehead atoms. The number of hydrogen-bond donors (Lipinski definition) is 4. The molecule has 0 amide bonds. The molecule has 6 N–H and O–H groups in total. The Morgan fingerprint density at radius 2 is 1.45 bits per heavy atom.